The average molecular weight is 808 g/mol. The van der Waals surface area contributed by atoms with Crippen LogP contribution in [0.2, 0.25) is 0 Å². The van der Waals surface area contributed by atoms with E-state index >= 15 is 0 Å². The molecule has 2 aliphatic heterocycles. The maximum atomic E-state index is 13.0. The third kappa shape index (κ3) is 19.4. The minimum Gasteiger partial charge on any atom is -0.394 e. The van der Waals surface area contributed by atoms with Gasteiger partial charge in [-0.15, -0.1) is 0 Å². The normalized spacial score (nSPS) is 29.3. The number of carbonyl (C=O) groups excluding carboxylic acids is 1. The molecule has 12 atom stereocenters. The Kier molecular flexibility index (Phi) is 28.3. The Labute approximate surface area is 336 Å². The van der Waals surface area contributed by atoms with Gasteiger partial charge < -0.3 is 65.1 Å². The molecule has 2 rings (SSSR count). The third-order valence-electron chi connectivity index (χ3n) is 11.3. The lowest BCUT2D eigenvalue weighted by atomic mass is 9.97. The molecule has 1 amide bonds. The first-order valence-electron chi connectivity index (χ1n) is 22.3. The number of carbonyl (C=O) groups is 1. The largest absolute Gasteiger partial charge is 0.394 e. The Balaban J connectivity index is 1.88. The van der Waals surface area contributed by atoms with Gasteiger partial charge in [0.1, 0.15) is 48.8 Å². The van der Waals surface area contributed by atoms with Crippen molar-refractivity contribution in [1.82, 2.24) is 5.32 Å². The second kappa shape index (κ2) is 30.9. The number of aliphatic hydroxyl groups is 8. The summed E-state index contributed by atoms with van der Waals surface area (Å²) in [5.41, 5.74) is 0. The van der Waals surface area contributed by atoms with Crippen LogP contribution in [0, 0.1) is 0 Å². The van der Waals surface area contributed by atoms with E-state index in [-0.39, 0.29) is 12.5 Å². The van der Waals surface area contributed by atoms with Crippen molar-refractivity contribution in [3.8, 4) is 0 Å². The molecule has 14 nitrogen and oxygen atoms in total. The number of hydrogen-bond donors (Lipinski definition) is 9. The van der Waals surface area contributed by atoms with Crippen molar-refractivity contribution in [3.05, 3.63) is 0 Å². The summed E-state index contributed by atoms with van der Waals surface area (Å²) in [6.45, 7) is 2.79. The monoisotopic (exact) mass is 808 g/mol. The van der Waals surface area contributed by atoms with Gasteiger partial charge in [-0.2, -0.15) is 0 Å². The Bertz CT molecular complexity index is 962. The molecule has 56 heavy (non-hydrogen) atoms. The number of nitrogens with one attached hydrogen (secondary N) is 1. The molecule has 12 unspecified atom stereocenters. The molecule has 0 spiro atoms. The number of ether oxygens (including phenoxy) is 4. The number of amides is 1. The Hall–Kier alpha value is -1.01. The molecule has 0 aromatic heterocycles. The minimum atomic E-state index is -1.78. The van der Waals surface area contributed by atoms with Gasteiger partial charge in [0.05, 0.1) is 32.0 Å². The predicted octanol–water partition coefficient (Wildman–Crippen LogP) is 3.88. The lowest BCUT2D eigenvalue weighted by molar-refractivity contribution is -0.359. The fourth-order valence-electron chi connectivity index (χ4n) is 7.59. The summed E-state index contributed by atoms with van der Waals surface area (Å²) < 4.78 is 22.6. The molecule has 0 aliphatic carbocycles. The molecule has 0 saturated carbocycles. The van der Waals surface area contributed by atoms with Crippen molar-refractivity contribution in [3.63, 3.8) is 0 Å². The van der Waals surface area contributed by atoms with Crippen LogP contribution in [-0.4, -0.2) is 140 Å². The summed E-state index contributed by atoms with van der Waals surface area (Å²) in [6, 6.07) is -0.817. The summed E-state index contributed by atoms with van der Waals surface area (Å²) in [6.07, 6.45) is 9.87. The van der Waals surface area contributed by atoms with Gasteiger partial charge in [-0.25, -0.2) is 0 Å². The van der Waals surface area contributed by atoms with Crippen molar-refractivity contribution in [2.75, 3.05) is 19.8 Å². The van der Waals surface area contributed by atoms with Gasteiger partial charge in [0.2, 0.25) is 5.91 Å². The van der Waals surface area contributed by atoms with E-state index in [2.05, 4.69) is 19.2 Å². The highest BCUT2D eigenvalue weighted by Gasteiger charge is 2.51. The zero-order valence-electron chi connectivity index (χ0n) is 34.6. The summed E-state index contributed by atoms with van der Waals surface area (Å²) in [4.78, 5) is 13.0. The standard InChI is InChI=1S/C42H81NO13/c1-3-5-7-9-11-13-14-15-16-17-18-19-21-23-25-31(46)30(43-34(47)26-24-22-20-12-10-8-6-4-2)29-53-41-39(52)37(50)40(33(28-45)55-41)56-42-38(51)36(49)35(48)32(27-44)54-42/h30-33,35-42,44-46,48-52H,3-29H2,1-2H3,(H,43,47). The molecule has 332 valence electrons. The molecule has 0 radical (unpaired) electrons. The van der Waals surface area contributed by atoms with Gasteiger partial charge in [-0.1, -0.05) is 149 Å². The van der Waals surface area contributed by atoms with Gasteiger partial charge in [-0.05, 0) is 12.8 Å². The quantitative estimate of drug-likeness (QED) is 0.0430. The van der Waals surface area contributed by atoms with Gasteiger partial charge >= 0.3 is 0 Å². The molecule has 2 aliphatic rings. The van der Waals surface area contributed by atoms with Gasteiger partial charge in [0.25, 0.3) is 0 Å². The number of unbranched alkanes of at least 4 members (excludes halogenated alkanes) is 20. The van der Waals surface area contributed by atoms with E-state index in [1.54, 1.807) is 0 Å². The van der Waals surface area contributed by atoms with Crippen molar-refractivity contribution in [1.29, 1.82) is 0 Å². The van der Waals surface area contributed by atoms with E-state index in [9.17, 15) is 45.6 Å². The Morgan fingerprint density at radius 3 is 1.52 bits per heavy atom. The second-order valence-electron chi connectivity index (χ2n) is 16.2. The summed E-state index contributed by atoms with van der Waals surface area (Å²) >= 11 is 0. The maximum absolute atomic E-state index is 13.0. The van der Waals surface area contributed by atoms with E-state index in [4.69, 9.17) is 18.9 Å². The van der Waals surface area contributed by atoms with Crippen LogP contribution >= 0.6 is 0 Å². The smallest absolute Gasteiger partial charge is 0.220 e. The SMILES string of the molecule is CCCCCCCCCCCCCCCCC(O)C(COC1OC(CO)C(OC2OC(CO)C(O)C(O)C2O)C(O)C1O)NC(=O)CCCCCCCCCC. The van der Waals surface area contributed by atoms with E-state index in [1.165, 1.54) is 89.9 Å². The molecule has 14 heteroatoms. The molecule has 2 heterocycles. The summed E-state index contributed by atoms with van der Waals surface area (Å²) in [5.74, 6) is -0.212. The molecule has 9 N–H and O–H groups in total. The van der Waals surface area contributed by atoms with Crippen molar-refractivity contribution >= 4 is 5.91 Å². The highest BCUT2D eigenvalue weighted by molar-refractivity contribution is 5.76. The third-order valence-corrected chi connectivity index (χ3v) is 11.3. The highest BCUT2D eigenvalue weighted by Crippen LogP contribution is 2.30. The van der Waals surface area contributed by atoms with E-state index in [1.807, 2.05) is 0 Å². The summed E-state index contributed by atoms with van der Waals surface area (Å²) in [5, 5.41) is 86.4. The fourth-order valence-corrected chi connectivity index (χ4v) is 7.59. The molecular formula is C42H81NO13. The van der Waals surface area contributed by atoms with Crippen LogP contribution in [0.25, 0.3) is 0 Å². The van der Waals surface area contributed by atoms with E-state index < -0.39 is 86.8 Å². The summed E-state index contributed by atoms with van der Waals surface area (Å²) in [7, 11) is 0. The zero-order chi connectivity index (χ0) is 41.1. The molecule has 0 aromatic carbocycles. The van der Waals surface area contributed by atoms with Crippen LogP contribution in [0.4, 0.5) is 0 Å². The predicted molar refractivity (Wildman–Crippen MR) is 212 cm³/mol. The molecule has 0 aromatic rings. The lowest BCUT2D eigenvalue weighted by Gasteiger charge is -2.46. The van der Waals surface area contributed by atoms with Crippen LogP contribution < -0.4 is 5.32 Å². The van der Waals surface area contributed by atoms with Crippen molar-refractivity contribution < 1.29 is 64.6 Å². The van der Waals surface area contributed by atoms with Crippen LogP contribution in [0.1, 0.15) is 168 Å². The fraction of sp³-hybridized carbons (Fsp3) is 0.976. The average Bonchev–Trinajstić information content (AvgIpc) is 3.19. The van der Waals surface area contributed by atoms with Crippen LogP contribution in [-0.2, 0) is 23.7 Å². The number of rotatable bonds is 33. The van der Waals surface area contributed by atoms with Crippen molar-refractivity contribution in [2.24, 2.45) is 0 Å². The molecular weight excluding hydrogens is 726 g/mol. The van der Waals surface area contributed by atoms with E-state index in [0.717, 1.165) is 51.4 Å². The highest BCUT2D eigenvalue weighted by atomic mass is 16.7. The van der Waals surface area contributed by atoms with Gasteiger partial charge in [0, 0.05) is 6.42 Å². The first kappa shape index (κ1) is 51.1. The van der Waals surface area contributed by atoms with E-state index in [0.29, 0.717) is 12.8 Å². The minimum absolute atomic E-state index is 0.212. The maximum Gasteiger partial charge on any atom is 0.220 e. The number of hydrogen-bond acceptors (Lipinski definition) is 13. The topological polar surface area (TPSA) is 228 Å². The molecule has 0 bridgehead atoms. The van der Waals surface area contributed by atoms with Crippen LogP contribution in [0.15, 0.2) is 0 Å². The van der Waals surface area contributed by atoms with Crippen molar-refractivity contribution in [2.45, 2.75) is 242 Å². The Morgan fingerprint density at radius 1 is 0.571 bits per heavy atom. The van der Waals surface area contributed by atoms with Crippen LogP contribution in [0.5, 0.6) is 0 Å². The lowest BCUT2D eigenvalue weighted by Crippen LogP contribution is -2.65. The van der Waals surface area contributed by atoms with Gasteiger partial charge in [-0.3, -0.25) is 4.79 Å². The first-order chi connectivity index (χ1) is 27.1. The zero-order valence-corrected chi connectivity index (χ0v) is 34.6. The number of aliphatic hydroxyl groups excluding tert-OH is 8. The first-order valence-corrected chi connectivity index (χ1v) is 22.3. The molecule has 2 saturated heterocycles. The second-order valence-corrected chi connectivity index (χ2v) is 16.2. The van der Waals surface area contributed by atoms with Gasteiger partial charge in [0.15, 0.2) is 12.6 Å². The Morgan fingerprint density at radius 2 is 1.02 bits per heavy atom. The molecule has 2 fully saturated rings. The van der Waals surface area contributed by atoms with Crippen LogP contribution in [0.3, 0.4) is 0 Å².